The molecule has 21 heavy (non-hydrogen) atoms. The number of nitrogens with one attached hydrogen (secondary N) is 1. The Bertz CT molecular complexity index is 458. The zero-order valence-electron chi connectivity index (χ0n) is 13.1. The fourth-order valence-corrected chi connectivity index (χ4v) is 3.12. The number of rotatable bonds is 8. The summed E-state index contributed by atoms with van der Waals surface area (Å²) >= 11 is 0. The zero-order chi connectivity index (χ0) is 15.1. The molecule has 0 saturated heterocycles. The van der Waals surface area contributed by atoms with Crippen LogP contribution in [0.5, 0.6) is 0 Å². The number of nitrogens with two attached hydrogens (primary N) is 1. The molecule has 3 N–H and O–H groups in total. The molecule has 116 valence electrons. The monoisotopic (exact) mass is 288 g/mol. The van der Waals surface area contributed by atoms with Crippen molar-refractivity contribution in [1.82, 2.24) is 5.32 Å². The summed E-state index contributed by atoms with van der Waals surface area (Å²) in [7, 11) is 0. The van der Waals surface area contributed by atoms with E-state index in [9.17, 15) is 4.79 Å². The van der Waals surface area contributed by atoms with E-state index in [0.717, 1.165) is 19.3 Å². The highest BCUT2D eigenvalue weighted by Crippen LogP contribution is 2.30. The van der Waals surface area contributed by atoms with Crippen LogP contribution in [0.4, 0.5) is 0 Å². The van der Waals surface area contributed by atoms with Gasteiger partial charge in [0.25, 0.3) is 0 Å². The lowest BCUT2D eigenvalue weighted by Crippen LogP contribution is -2.38. The van der Waals surface area contributed by atoms with Crippen LogP contribution >= 0.6 is 0 Å². The van der Waals surface area contributed by atoms with Crippen molar-refractivity contribution in [2.75, 3.05) is 0 Å². The first-order valence-electron chi connectivity index (χ1n) is 8.35. The molecule has 2 unspecified atom stereocenters. The highest BCUT2D eigenvalue weighted by atomic mass is 16.1. The zero-order valence-corrected chi connectivity index (χ0v) is 13.1. The van der Waals surface area contributed by atoms with Crippen molar-refractivity contribution >= 4 is 5.91 Å². The molecule has 0 radical (unpaired) electrons. The molecular weight excluding hydrogens is 260 g/mol. The maximum atomic E-state index is 12.1. The second kappa shape index (κ2) is 8.18. The molecule has 1 amide bonds. The van der Waals surface area contributed by atoms with Crippen LogP contribution in [0.25, 0.3) is 0 Å². The average Bonchev–Trinajstić information content (AvgIpc) is 2.79. The van der Waals surface area contributed by atoms with Crippen molar-refractivity contribution in [3.05, 3.63) is 35.4 Å². The predicted octanol–water partition coefficient (Wildman–Crippen LogP) is 3.48. The SMILES string of the molecule is CCCCCCCCC(=O)NC1c2ccccc2CC1N. The van der Waals surface area contributed by atoms with Gasteiger partial charge >= 0.3 is 0 Å². The molecule has 0 aliphatic heterocycles. The smallest absolute Gasteiger partial charge is 0.220 e. The molecule has 0 spiro atoms. The van der Waals surface area contributed by atoms with Gasteiger partial charge in [0.15, 0.2) is 0 Å². The molecule has 3 nitrogen and oxygen atoms in total. The van der Waals surface area contributed by atoms with Gasteiger partial charge < -0.3 is 11.1 Å². The standard InChI is InChI=1S/C18H28N2O/c1-2-3-4-5-6-7-12-17(21)20-18-15-11-9-8-10-14(15)13-16(18)19/h8-11,16,18H,2-7,12-13,19H2,1H3,(H,20,21). The van der Waals surface area contributed by atoms with Crippen molar-refractivity contribution in [1.29, 1.82) is 0 Å². The summed E-state index contributed by atoms with van der Waals surface area (Å²) in [6, 6.07) is 8.24. The lowest BCUT2D eigenvalue weighted by molar-refractivity contribution is -0.122. The van der Waals surface area contributed by atoms with Crippen LogP contribution in [0.1, 0.15) is 69.0 Å². The fraction of sp³-hybridized carbons (Fsp3) is 0.611. The Labute approximate surface area is 128 Å². The minimum atomic E-state index is -0.00575. The molecule has 0 bridgehead atoms. The van der Waals surface area contributed by atoms with Gasteiger partial charge in [0.05, 0.1) is 6.04 Å². The van der Waals surface area contributed by atoms with Crippen molar-refractivity contribution < 1.29 is 4.79 Å². The number of carbonyl (C=O) groups is 1. The van der Waals surface area contributed by atoms with Gasteiger partial charge in [-0.25, -0.2) is 0 Å². The van der Waals surface area contributed by atoms with E-state index in [2.05, 4.69) is 24.4 Å². The van der Waals surface area contributed by atoms with E-state index in [-0.39, 0.29) is 18.0 Å². The highest BCUT2D eigenvalue weighted by molar-refractivity contribution is 5.76. The minimum absolute atomic E-state index is 0.00575. The van der Waals surface area contributed by atoms with Crippen molar-refractivity contribution in [3.63, 3.8) is 0 Å². The van der Waals surface area contributed by atoms with Crippen molar-refractivity contribution in [3.8, 4) is 0 Å². The van der Waals surface area contributed by atoms with Gasteiger partial charge in [-0.15, -0.1) is 0 Å². The van der Waals surface area contributed by atoms with Crippen LogP contribution < -0.4 is 11.1 Å². The third kappa shape index (κ3) is 4.57. The lowest BCUT2D eigenvalue weighted by Gasteiger charge is -2.18. The Balaban J connectivity index is 1.73. The van der Waals surface area contributed by atoms with E-state index in [0.29, 0.717) is 6.42 Å². The number of amides is 1. The van der Waals surface area contributed by atoms with E-state index in [1.54, 1.807) is 0 Å². The van der Waals surface area contributed by atoms with Crippen LogP contribution in [0, 0.1) is 0 Å². The Morgan fingerprint density at radius 1 is 1.19 bits per heavy atom. The third-order valence-electron chi connectivity index (χ3n) is 4.35. The van der Waals surface area contributed by atoms with Crippen molar-refractivity contribution in [2.24, 2.45) is 5.73 Å². The molecule has 3 heteroatoms. The molecule has 0 aromatic heterocycles. The van der Waals surface area contributed by atoms with E-state index in [4.69, 9.17) is 5.73 Å². The normalized spacial score (nSPS) is 20.3. The van der Waals surface area contributed by atoms with Crippen LogP contribution in [0.15, 0.2) is 24.3 Å². The number of hydrogen-bond donors (Lipinski definition) is 2. The molecule has 1 aromatic rings. The van der Waals surface area contributed by atoms with Gasteiger partial charge in [0.1, 0.15) is 0 Å². The molecule has 2 atom stereocenters. The summed E-state index contributed by atoms with van der Waals surface area (Å²) in [4.78, 5) is 12.1. The maximum Gasteiger partial charge on any atom is 0.220 e. The second-order valence-electron chi connectivity index (χ2n) is 6.13. The third-order valence-corrected chi connectivity index (χ3v) is 4.35. The van der Waals surface area contributed by atoms with Gasteiger partial charge in [0, 0.05) is 12.5 Å². The first kappa shape index (κ1) is 16.0. The van der Waals surface area contributed by atoms with E-state index in [1.165, 1.54) is 36.8 Å². The van der Waals surface area contributed by atoms with Gasteiger partial charge in [0.2, 0.25) is 5.91 Å². The molecule has 1 aliphatic carbocycles. The van der Waals surface area contributed by atoms with E-state index >= 15 is 0 Å². The topological polar surface area (TPSA) is 55.1 Å². The van der Waals surface area contributed by atoms with E-state index < -0.39 is 0 Å². The van der Waals surface area contributed by atoms with Gasteiger partial charge in [-0.3, -0.25) is 4.79 Å². The first-order chi connectivity index (χ1) is 10.2. The molecule has 1 aromatic carbocycles. The molecule has 0 fully saturated rings. The molecule has 2 rings (SSSR count). The van der Waals surface area contributed by atoms with Crippen LogP contribution in [0.3, 0.4) is 0 Å². The largest absolute Gasteiger partial charge is 0.348 e. The van der Waals surface area contributed by atoms with Crippen LogP contribution in [-0.4, -0.2) is 11.9 Å². The number of fused-ring (bicyclic) bond motifs is 1. The van der Waals surface area contributed by atoms with Gasteiger partial charge in [-0.2, -0.15) is 0 Å². The van der Waals surface area contributed by atoms with Crippen molar-refractivity contribution in [2.45, 2.75) is 70.4 Å². The lowest BCUT2D eigenvalue weighted by atomic mass is 10.1. The van der Waals surface area contributed by atoms with Crippen LogP contribution in [-0.2, 0) is 11.2 Å². The minimum Gasteiger partial charge on any atom is -0.348 e. The summed E-state index contributed by atoms with van der Waals surface area (Å²) in [5.41, 5.74) is 8.64. The average molecular weight is 288 g/mol. The quantitative estimate of drug-likeness (QED) is 0.720. The van der Waals surface area contributed by atoms with Gasteiger partial charge in [-0.1, -0.05) is 63.3 Å². The molecular formula is C18H28N2O. The Morgan fingerprint density at radius 2 is 1.90 bits per heavy atom. The summed E-state index contributed by atoms with van der Waals surface area (Å²) in [5.74, 6) is 0.141. The molecule has 1 aliphatic rings. The Kier molecular flexibility index (Phi) is 6.24. The maximum absolute atomic E-state index is 12.1. The highest BCUT2D eigenvalue weighted by Gasteiger charge is 2.30. The number of hydrogen-bond acceptors (Lipinski definition) is 2. The number of carbonyl (C=O) groups excluding carboxylic acids is 1. The predicted molar refractivity (Wildman–Crippen MR) is 87.0 cm³/mol. The summed E-state index contributed by atoms with van der Waals surface area (Å²) in [6.07, 6.45) is 8.72. The van der Waals surface area contributed by atoms with E-state index in [1.807, 2.05) is 12.1 Å². The summed E-state index contributed by atoms with van der Waals surface area (Å²) < 4.78 is 0. The van der Waals surface area contributed by atoms with Crippen LogP contribution in [0.2, 0.25) is 0 Å². The second-order valence-corrected chi connectivity index (χ2v) is 6.13. The summed E-state index contributed by atoms with van der Waals surface area (Å²) in [6.45, 7) is 2.22. The first-order valence-corrected chi connectivity index (χ1v) is 8.35. The number of benzene rings is 1. The Morgan fingerprint density at radius 3 is 2.71 bits per heavy atom. The summed E-state index contributed by atoms with van der Waals surface area (Å²) in [5, 5.41) is 3.12. The fourth-order valence-electron chi connectivity index (χ4n) is 3.12. The molecule has 0 heterocycles. The molecule has 0 saturated carbocycles. The van der Waals surface area contributed by atoms with Gasteiger partial charge in [-0.05, 0) is 24.0 Å². The Hall–Kier alpha value is -1.35. The number of unbranched alkanes of at least 4 members (excludes halogenated alkanes) is 5.